The Labute approximate surface area is 123 Å². The lowest BCUT2D eigenvalue weighted by Crippen LogP contribution is -2.51. The second kappa shape index (κ2) is 7.08. The summed E-state index contributed by atoms with van der Waals surface area (Å²) in [4.78, 5) is 25.8. The van der Waals surface area contributed by atoms with Crippen LogP contribution in [0, 0.1) is 0 Å². The standard InChI is InChI=1S/C15H20N2O4/c1-21-15(20)12(10-18)16-14(19)13-8-5-9-17(13)11-6-3-2-4-7-11/h2-4,6-7,12-13,18H,5,8-10H2,1H3,(H,16,19)/t12-,13-/m0/s1. The largest absolute Gasteiger partial charge is 0.467 e. The summed E-state index contributed by atoms with van der Waals surface area (Å²) in [5.74, 6) is -0.907. The fourth-order valence-corrected chi connectivity index (χ4v) is 2.56. The average molecular weight is 292 g/mol. The number of carbonyl (C=O) groups is 2. The molecular weight excluding hydrogens is 272 g/mol. The Morgan fingerprint density at radius 3 is 2.76 bits per heavy atom. The predicted octanol–water partition coefficient (Wildman–Crippen LogP) is 0.306. The fourth-order valence-electron chi connectivity index (χ4n) is 2.56. The minimum atomic E-state index is -1.01. The number of hydrogen-bond donors (Lipinski definition) is 2. The first-order valence-corrected chi connectivity index (χ1v) is 6.98. The van der Waals surface area contributed by atoms with Crippen LogP contribution >= 0.6 is 0 Å². The molecule has 1 fully saturated rings. The van der Waals surface area contributed by atoms with Crippen LogP contribution in [0.25, 0.3) is 0 Å². The van der Waals surface area contributed by atoms with Gasteiger partial charge in [-0.05, 0) is 25.0 Å². The molecule has 1 saturated heterocycles. The number of para-hydroxylation sites is 1. The molecule has 0 saturated carbocycles. The summed E-state index contributed by atoms with van der Waals surface area (Å²) in [5, 5.41) is 11.7. The molecule has 2 rings (SSSR count). The van der Waals surface area contributed by atoms with Crippen molar-refractivity contribution in [2.45, 2.75) is 24.9 Å². The molecule has 1 aromatic carbocycles. The van der Waals surface area contributed by atoms with Gasteiger partial charge in [0, 0.05) is 12.2 Å². The molecule has 1 aliphatic heterocycles. The van der Waals surface area contributed by atoms with E-state index >= 15 is 0 Å². The van der Waals surface area contributed by atoms with Crippen molar-refractivity contribution in [3.63, 3.8) is 0 Å². The number of nitrogens with zero attached hydrogens (tertiary/aromatic N) is 1. The van der Waals surface area contributed by atoms with E-state index in [-0.39, 0.29) is 11.9 Å². The van der Waals surface area contributed by atoms with Crippen LogP contribution in [0.2, 0.25) is 0 Å². The Balaban J connectivity index is 2.06. The number of aliphatic hydroxyl groups excluding tert-OH is 1. The van der Waals surface area contributed by atoms with Gasteiger partial charge in [0.15, 0.2) is 6.04 Å². The molecule has 0 aromatic heterocycles. The van der Waals surface area contributed by atoms with Crippen LogP contribution < -0.4 is 10.2 Å². The number of ether oxygens (including phenoxy) is 1. The summed E-state index contributed by atoms with van der Waals surface area (Å²) < 4.78 is 4.55. The van der Waals surface area contributed by atoms with Crippen LogP contribution in [0.4, 0.5) is 5.69 Å². The van der Waals surface area contributed by atoms with Gasteiger partial charge in [0.25, 0.3) is 0 Å². The molecule has 2 N–H and O–H groups in total. The smallest absolute Gasteiger partial charge is 0.330 e. The van der Waals surface area contributed by atoms with E-state index < -0.39 is 18.6 Å². The van der Waals surface area contributed by atoms with E-state index in [4.69, 9.17) is 0 Å². The summed E-state index contributed by atoms with van der Waals surface area (Å²) in [7, 11) is 1.23. The van der Waals surface area contributed by atoms with Crippen molar-refractivity contribution >= 4 is 17.6 Å². The lowest BCUT2D eigenvalue weighted by molar-refractivity contribution is -0.146. The molecule has 2 atom stereocenters. The predicted molar refractivity (Wildman–Crippen MR) is 77.8 cm³/mol. The molecule has 0 radical (unpaired) electrons. The van der Waals surface area contributed by atoms with Crippen LogP contribution in [0.1, 0.15) is 12.8 Å². The molecule has 21 heavy (non-hydrogen) atoms. The summed E-state index contributed by atoms with van der Waals surface area (Å²) >= 11 is 0. The van der Waals surface area contributed by atoms with Crippen molar-refractivity contribution in [2.24, 2.45) is 0 Å². The van der Waals surface area contributed by atoms with Gasteiger partial charge in [0.1, 0.15) is 6.04 Å². The van der Waals surface area contributed by atoms with Gasteiger partial charge < -0.3 is 20.1 Å². The van der Waals surface area contributed by atoms with Crippen molar-refractivity contribution in [2.75, 3.05) is 25.2 Å². The number of amides is 1. The van der Waals surface area contributed by atoms with Crippen molar-refractivity contribution in [1.29, 1.82) is 0 Å². The van der Waals surface area contributed by atoms with Gasteiger partial charge in [-0.3, -0.25) is 4.79 Å². The first-order valence-electron chi connectivity index (χ1n) is 6.98. The third-order valence-electron chi connectivity index (χ3n) is 3.63. The highest BCUT2D eigenvalue weighted by Crippen LogP contribution is 2.25. The van der Waals surface area contributed by atoms with Crippen LogP contribution in [-0.4, -0.2) is 49.3 Å². The van der Waals surface area contributed by atoms with Gasteiger partial charge in [-0.15, -0.1) is 0 Å². The third kappa shape index (κ3) is 3.52. The Bertz CT molecular complexity index is 492. The van der Waals surface area contributed by atoms with Crippen LogP contribution in [0.15, 0.2) is 30.3 Å². The molecule has 6 nitrogen and oxygen atoms in total. The van der Waals surface area contributed by atoms with Crippen molar-refractivity contribution in [1.82, 2.24) is 5.32 Å². The summed E-state index contributed by atoms with van der Waals surface area (Å²) in [6, 6.07) is 8.34. The maximum atomic E-state index is 12.3. The second-order valence-electron chi connectivity index (χ2n) is 4.95. The van der Waals surface area contributed by atoms with E-state index in [0.717, 1.165) is 25.1 Å². The maximum Gasteiger partial charge on any atom is 0.330 e. The van der Waals surface area contributed by atoms with Gasteiger partial charge >= 0.3 is 5.97 Å². The molecule has 0 unspecified atom stereocenters. The van der Waals surface area contributed by atoms with E-state index in [9.17, 15) is 14.7 Å². The van der Waals surface area contributed by atoms with Crippen molar-refractivity contribution in [3.8, 4) is 0 Å². The summed E-state index contributed by atoms with van der Waals surface area (Å²) in [5.41, 5.74) is 0.980. The first-order chi connectivity index (χ1) is 10.2. The van der Waals surface area contributed by atoms with Crippen LogP contribution in [-0.2, 0) is 14.3 Å². The molecular formula is C15H20N2O4. The summed E-state index contributed by atoms with van der Waals surface area (Å²) in [6.07, 6.45) is 1.63. The molecule has 0 spiro atoms. The second-order valence-corrected chi connectivity index (χ2v) is 4.95. The maximum absolute atomic E-state index is 12.3. The molecule has 0 bridgehead atoms. The minimum Gasteiger partial charge on any atom is -0.467 e. The monoisotopic (exact) mass is 292 g/mol. The number of hydrogen-bond acceptors (Lipinski definition) is 5. The number of anilines is 1. The molecule has 6 heteroatoms. The number of carbonyl (C=O) groups excluding carboxylic acids is 2. The highest BCUT2D eigenvalue weighted by Gasteiger charge is 2.33. The fraction of sp³-hybridized carbons (Fsp3) is 0.467. The Morgan fingerprint density at radius 2 is 2.14 bits per heavy atom. The molecule has 1 aliphatic rings. The molecule has 1 heterocycles. The third-order valence-corrected chi connectivity index (χ3v) is 3.63. The van der Waals surface area contributed by atoms with Gasteiger partial charge in [-0.25, -0.2) is 4.79 Å². The zero-order valence-corrected chi connectivity index (χ0v) is 12.0. The van der Waals surface area contributed by atoms with Crippen molar-refractivity contribution in [3.05, 3.63) is 30.3 Å². The SMILES string of the molecule is COC(=O)[C@H](CO)NC(=O)[C@@H]1CCCN1c1ccccc1. The zero-order chi connectivity index (χ0) is 15.2. The lowest BCUT2D eigenvalue weighted by atomic mass is 10.1. The number of esters is 1. The van der Waals surface area contributed by atoms with E-state index in [2.05, 4.69) is 10.1 Å². The quantitative estimate of drug-likeness (QED) is 0.763. The molecule has 114 valence electrons. The highest BCUT2D eigenvalue weighted by molar-refractivity contribution is 5.90. The average Bonchev–Trinajstić information content (AvgIpc) is 3.02. The number of methoxy groups -OCH3 is 1. The Hall–Kier alpha value is -2.08. The molecule has 0 aliphatic carbocycles. The number of rotatable bonds is 5. The first kappa shape index (κ1) is 15.3. The number of nitrogens with one attached hydrogen (secondary N) is 1. The lowest BCUT2D eigenvalue weighted by Gasteiger charge is -2.27. The topological polar surface area (TPSA) is 78.9 Å². The van der Waals surface area contributed by atoms with Crippen LogP contribution in [0.3, 0.4) is 0 Å². The molecule has 1 aromatic rings. The summed E-state index contributed by atoms with van der Waals surface area (Å²) in [6.45, 7) is 0.320. The van der Waals surface area contributed by atoms with Gasteiger partial charge in [0.2, 0.25) is 5.91 Å². The van der Waals surface area contributed by atoms with E-state index in [0.29, 0.717) is 0 Å². The van der Waals surface area contributed by atoms with Gasteiger partial charge in [-0.2, -0.15) is 0 Å². The van der Waals surface area contributed by atoms with Crippen molar-refractivity contribution < 1.29 is 19.4 Å². The molecule has 1 amide bonds. The minimum absolute atomic E-state index is 0.263. The Morgan fingerprint density at radius 1 is 1.43 bits per heavy atom. The van der Waals surface area contributed by atoms with Gasteiger partial charge in [-0.1, -0.05) is 18.2 Å². The van der Waals surface area contributed by atoms with E-state index in [1.807, 2.05) is 35.2 Å². The van der Waals surface area contributed by atoms with Crippen LogP contribution in [0.5, 0.6) is 0 Å². The normalized spacial score (nSPS) is 19.1. The Kier molecular flexibility index (Phi) is 5.16. The number of aliphatic hydroxyl groups is 1. The van der Waals surface area contributed by atoms with E-state index in [1.54, 1.807) is 0 Å². The van der Waals surface area contributed by atoms with Gasteiger partial charge in [0.05, 0.1) is 13.7 Å². The van der Waals surface area contributed by atoms with E-state index in [1.165, 1.54) is 7.11 Å². The zero-order valence-electron chi connectivity index (χ0n) is 12.0. The number of benzene rings is 1. The highest BCUT2D eigenvalue weighted by atomic mass is 16.5.